The number of hydrogen-bond acceptors (Lipinski definition) is 6. The minimum Gasteiger partial charge on any atom is -0.394 e. The molecule has 0 atom stereocenters. The Morgan fingerprint density at radius 2 is 0.673 bits per heavy atom. The molecule has 2 aliphatic heterocycles. The summed E-state index contributed by atoms with van der Waals surface area (Å²) in [5, 5.41) is 0. The monoisotopic (exact) mass is 678 g/mol. The minimum atomic E-state index is 0. The van der Waals surface area contributed by atoms with Crippen LogP contribution < -0.4 is 0 Å². The molecule has 0 radical (unpaired) electrons. The van der Waals surface area contributed by atoms with Crippen LogP contribution in [0.2, 0.25) is 0 Å². The maximum absolute atomic E-state index is 4.62. The molecule has 9 heterocycles. The standard InChI is InChI=1S/C20H14N4.4C5H4N.Fe/c1-2-14-10-16-5-6-18(23-16)12-20-8-7-19(24-20)11-17-4-3-15(22-17)9-13(1)21-14;4*1-2-4-6-5-3-1;/h1-12,21-22H;4*1-4H;/q;4*-1;+4. The first-order valence-corrected chi connectivity index (χ1v) is 14.9. The molecule has 0 spiro atoms. The van der Waals surface area contributed by atoms with Crippen LogP contribution >= 0.6 is 0 Å². The molecule has 7 aromatic rings. The van der Waals surface area contributed by atoms with Crippen LogP contribution in [-0.4, -0.2) is 39.9 Å². The van der Waals surface area contributed by atoms with Gasteiger partial charge in [0.15, 0.2) is 0 Å². The van der Waals surface area contributed by atoms with E-state index in [1.54, 1.807) is 49.1 Å². The molecule has 8 nitrogen and oxygen atoms in total. The van der Waals surface area contributed by atoms with Crippen LogP contribution in [0, 0.1) is 24.8 Å². The number of nitrogens with one attached hydrogen (secondary N) is 2. The van der Waals surface area contributed by atoms with E-state index in [2.05, 4.69) is 95.0 Å². The molecule has 0 aliphatic carbocycles. The van der Waals surface area contributed by atoms with Gasteiger partial charge in [0.2, 0.25) is 0 Å². The Balaban J connectivity index is 0.000000175. The van der Waals surface area contributed by atoms with Gasteiger partial charge in [-0.3, -0.25) is 0 Å². The third-order valence-electron chi connectivity index (χ3n) is 6.11. The van der Waals surface area contributed by atoms with Crippen molar-refractivity contribution in [1.29, 1.82) is 0 Å². The Bertz CT molecular complexity index is 1810. The van der Waals surface area contributed by atoms with Gasteiger partial charge in [-0.05, 0) is 72.8 Å². The van der Waals surface area contributed by atoms with Gasteiger partial charge in [-0.2, -0.15) is 72.8 Å². The predicted molar refractivity (Wildman–Crippen MR) is 191 cm³/mol. The first kappa shape index (κ1) is 35.6. The molecule has 9 rings (SSSR count). The number of H-pyrrole nitrogens is 2. The van der Waals surface area contributed by atoms with Crippen molar-refractivity contribution < 1.29 is 17.1 Å². The van der Waals surface area contributed by atoms with Crippen molar-refractivity contribution in [2.24, 2.45) is 0 Å². The SMILES string of the molecule is C1=Cc2cc3ccc(cc4ccc(cc5nc(cc1n2)C=C5)[nH]4)[nH]3.[Fe+4].[c-]1ccccn1.[c-]1ccccn1.[c-]1ccccn1.[c-]1ccccn1. The molecule has 2 N–H and O–H groups in total. The fourth-order valence-electron chi connectivity index (χ4n) is 4.05. The van der Waals surface area contributed by atoms with E-state index in [0.29, 0.717) is 0 Å². The van der Waals surface area contributed by atoms with E-state index in [1.807, 2.05) is 91.0 Å². The summed E-state index contributed by atoms with van der Waals surface area (Å²) in [6.45, 7) is 0. The molecule has 0 saturated carbocycles. The molecule has 49 heavy (non-hydrogen) atoms. The maximum Gasteiger partial charge on any atom is 4.00 e. The van der Waals surface area contributed by atoms with Crippen molar-refractivity contribution in [2.75, 3.05) is 0 Å². The Labute approximate surface area is 296 Å². The normalized spacial score (nSPS) is 10.1. The summed E-state index contributed by atoms with van der Waals surface area (Å²) in [5.41, 5.74) is 7.86. The third-order valence-corrected chi connectivity index (χ3v) is 6.11. The zero-order chi connectivity index (χ0) is 32.9. The van der Waals surface area contributed by atoms with Gasteiger partial charge in [0, 0.05) is 22.1 Å². The van der Waals surface area contributed by atoms with E-state index >= 15 is 0 Å². The molecule has 9 heteroatoms. The van der Waals surface area contributed by atoms with Crippen LogP contribution in [0.15, 0.2) is 146 Å². The molecule has 7 aromatic heterocycles. The summed E-state index contributed by atoms with van der Waals surface area (Å²) < 4.78 is 0. The Kier molecular flexibility index (Phi) is 15.1. The van der Waals surface area contributed by atoms with Gasteiger partial charge in [-0.1, -0.05) is 49.6 Å². The van der Waals surface area contributed by atoms with Gasteiger partial charge in [0.25, 0.3) is 0 Å². The molecule has 238 valence electrons. The van der Waals surface area contributed by atoms with Crippen LogP contribution in [0.1, 0.15) is 22.8 Å². The predicted octanol–water partition coefficient (Wildman–Crippen LogP) is 8.18. The smallest absolute Gasteiger partial charge is 0.394 e. The van der Waals surface area contributed by atoms with E-state index in [-0.39, 0.29) is 17.1 Å². The van der Waals surface area contributed by atoms with Crippen molar-refractivity contribution in [3.8, 4) is 0 Å². The third kappa shape index (κ3) is 13.5. The summed E-state index contributed by atoms with van der Waals surface area (Å²) in [4.78, 5) is 30.7. The van der Waals surface area contributed by atoms with Gasteiger partial charge in [-0.25, -0.2) is 9.97 Å². The van der Waals surface area contributed by atoms with E-state index in [4.69, 9.17) is 0 Å². The van der Waals surface area contributed by atoms with Crippen molar-refractivity contribution >= 4 is 46.4 Å². The number of aromatic nitrogens is 8. The largest absolute Gasteiger partial charge is 4.00 e. The number of nitrogens with zero attached hydrogens (tertiary/aromatic N) is 6. The second-order valence-corrected chi connectivity index (χ2v) is 9.74. The number of fused-ring (bicyclic) bond motifs is 8. The molecule has 0 unspecified atom stereocenters. The summed E-state index contributed by atoms with van der Waals surface area (Å²) in [5.74, 6) is 0. The van der Waals surface area contributed by atoms with Crippen LogP contribution in [0.3, 0.4) is 0 Å². The first-order chi connectivity index (χ1) is 23.8. The van der Waals surface area contributed by atoms with E-state index in [0.717, 1.165) is 44.8 Å². The molecule has 2 aliphatic rings. The quantitative estimate of drug-likeness (QED) is 0.124. The fourth-order valence-corrected chi connectivity index (χ4v) is 4.05. The fraction of sp³-hybridized carbons (Fsp3) is 0. The molecule has 0 fully saturated rings. The van der Waals surface area contributed by atoms with Crippen LogP contribution in [0.25, 0.3) is 46.4 Å². The molecule has 0 aromatic carbocycles. The van der Waals surface area contributed by atoms with Gasteiger partial charge < -0.3 is 29.9 Å². The maximum atomic E-state index is 4.62. The average molecular weight is 679 g/mol. The average Bonchev–Trinajstić information content (AvgIpc) is 4.00. The summed E-state index contributed by atoms with van der Waals surface area (Å²) in [6.07, 6.45) is 25.4. The summed E-state index contributed by atoms with van der Waals surface area (Å²) in [6, 6.07) is 38.4. The van der Waals surface area contributed by atoms with E-state index in [9.17, 15) is 0 Å². The summed E-state index contributed by atoms with van der Waals surface area (Å²) >= 11 is 0. The molecular weight excluding hydrogens is 648 g/mol. The molecule has 0 saturated heterocycles. The van der Waals surface area contributed by atoms with Crippen molar-refractivity contribution in [1.82, 2.24) is 39.9 Å². The zero-order valence-corrected chi connectivity index (χ0v) is 27.3. The van der Waals surface area contributed by atoms with Gasteiger partial charge in [0.05, 0.1) is 22.8 Å². The van der Waals surface area contributed by atoms with E-state index in [1.165, 1.54) is 0 Å². The second-order valence-electron chi connectivity index (χ2n) is 9.74. The molecule has 8 bridgehead atoms. The van der Waals surface area contributed by atoms with Gasteiger partial charge >= 0.3 is 17.1 Å². The van der Waals surface area contributed by atoms with Crippen LogP contribution in [0.4, 0.5) is 0 Å². The number of hydrogen-bond donors (Lipinski definition) is 2. The van der Waals surface area contributed by atoms with Crippen LogP contribution in [-0.2, 0) is 17.1 Å². The Hall–Kier alpha value is -6.28. The zero-order valence-electron chi connectivity index (χ0n) is 26.2. The van der Waals surface area contributed by atoms with E-state index < -0.39 is 0 Å². The van der Waals surface area contributed by atoms with Crippen LogP contribution in [0.5, 0.6) is 0 Å². The molecule has 0 amide bonds. The number of pyridine rings is 4. The van der Waals surface area contributed by atoms with Gasteiger partial charge in [-0.15, -0.1) is 0 Å². The number of rotatable bonds is 0. The Morgan fingerprint density at radius 1 is 0.367 bits per heavy atom. The van der Waals surface area contributed by atoms with Gasteiger partial charge in [0.1, 0.15) is 0 Å². The Morgan fingerprint density at radius 3 is 0.918 bits per heavy atom. The second kappa shape index (κ2) is 20.8. The van der Waals surface area contributed by atoms with Crippen molar-refractivity contribution in [3.05, 3.63) is 194 Å². The topological polar surface area (TPSA) is 109 Å². The number of aromatic amines is 2. The van der Waals surface area contributed by atoms with Crippen molar-refractivity contribution in [2.45, 2.75) is 0 Å². The summed E-state index contributed by atoms with van der Waals surface area (Å²) in [7, 11) is 0. The molecular formula is C40H30FeN8. The first-order valence-electron chi connectivity index (χ1n) is 14.9. The minimum absolute atomic E-state index is 0. The van der Waals surface area contributed by atoms with Crippen molar-refractivity contribution in [3.63, 3.8) is 0 Å².